The van der Waals surface area contributed by atoms with Crippen LogP contribution in [0.4, 0.5) is 13.2 Å². The summed E-state index contributed by atoms with van der Waals surface area (Å²) >= 11 is 0. The lowest BCUT2D eigenvalue weighted by Gasteiger charge is -2.32. The van der Waals surface area contributed by atoms with Crippen molar-refractivity contribution >= 4 is 5.91 Å². The molecule has 2 rings (SSSR count). The molecule has 1 aromatic heterocycles. The maximum absolute atomic E-state index is 12.4. The van der Waals surface area contributed by atoms with Gasteiger partial charge in [0, 0.05) is 25.9 Å². The van der Waals surface area contributed by atoms with Gasteiger partial charge in [0.15, 0.2) is 0 Å². The fourth-order valence-corrected chi connectivity index (χ4v) is 2.54. The molecule has 4 nitrogen and oxygen atoms in total. The Morgan fingerprint density at radius 1 is 1.43 bits per heavy atom. The van der Waals surface area contributed by atoms with Crippen LogP contribution in [0.1, 0.15) is 35.3 Å². The summed E-state index contributed by atoms with van der Waals surface area (Å²) in [5.41, 5.74) is -0.844. The summed E-state index contributed by atoms with van der Waals surface area (Å²) in [7, 11) is 0. The zero-order valence-corrected chi connectivity index (χ0v) is 11.4. The van der Waals surface area contributed by atoms with Gasteiger partial charge in [-0.25, -0.2) is 0 Å². The SMILES string of the molecule is O=C(c1ccc(C(F)(F)F)nc1)N1CCCC(CCO)C1. The number of amides is 1. The molecule has 0 aromatic carbocycles. The van der Waals surface area contributed by atoms with Gasteiger partial charge in [-0.1, -0.05) is 0 Å². The van der Waals surface area contributed by atoms with E-state index in [0.29, 0.717) is 19.5 Å². The number of halogens is 3. The largest absolute Gasteiger partial charge is 0.433 e. The average molecular weight is 302 g/mol. The van der Waals surface area contributed by atoms with E-state index >= 15 is 0 Å². The second-order valence-electron chi connectivity index (χ2n) is 5.20. The van der Waals surface area contributed by atoms with Crippen molar-refractivity contribution in [2.24, 2.45) is 5.92 Å². The van der Waals surface area contributed by atoms with Gasteiger partial charge < -0.3 is 10.0 Å². The highest BCUT2D eigenvalue weighted by Gasteiger charge is 2.32. The summed E-state index contributed by atoms with van der Waals surface area (Å²) in [6.45, 7) is 1.19. The van der Waals surface area contributed by atoms with Gasteiger partial charge in [0.25, 0.3) is 5.91 Å². The number of likely N-dealkylation sites (tertiary alicyclic amines) is 1. The minimum atomic E-state index is -4.50. The van der Waals surface area contributed by atoms with Crippen LogP contribution in [0.3, 0.4) is 0 Å². The van der Waals surface area contributed by atoms with Crippen molar-refractivity contribution < 1.29 is 23.1 Å². The Bertz CT molecular complexity index is 486. The second-order valence-corrected chi connectivity index (χ2v) is 5.20. The quantitative estimate of drug-likeness (QED) is 0.932. The van der Waals surface area contributed by atoms with E-state index in [2.05, 4.69) is 4.98 Å². The molecule has 21 heavy (non-hydrogen) atoms. The molecule has 1 N–H and O–H groups in total. The minimum absolute atomic E-state index is 0.0779. The van der Waals surface area contributed by atoms with Gasteiger partial charge >= 0.3 is 6.18 Å². The van der Waals surface area contributed by atoms with Gasteiger partial charge in [-0.3, -0.25) is 9.78 Å². The normalized spacial score (nSPS) is 19.6. The van der Waals surface area contributed by atoms with Crippen LogP contribution >= 0.6 is 0 Å². The summed E-state index contributed by atoms with van der Waals surface area (Å²) < 4.78 is 37.3. The maximum Gasteiger partial charge on any atom is 0.433 e. The van der Waals surface area contributed by atoms with Crippen LogP contribution in [0, 0.1) is 5.92 Å². The van der Waals surface area contributed by atoms with Gasteiger partial charge in [0.05, 0.1) is 5.56 Å². The molecule has 1 unspecified atom stereocenters. The van der Waals surface area contributed by atoms with E-state index in [1.807, 2.05) is 0 Å². The molecule has 1 atom stereocenters. The van der Waals surface area contributed by atoms with E-state index in [4.69, 9.17) is 5.11 Å². The van der Waals surface area contributed by atoms with Crippen LogP contribution in [0.25, 0.3) is 0 Å². The van der Waals surface area contributed by atoms with Gasteiger partial charge in [-0.05, 0) is 37.3 Å². The first-order valence-electron chi connectivity index (χ1n) is 6.85. The predicted octanol–water partition coefficient (Wildman–Crippen LogP) is 2.33. The van der Waals surface area contributed by atoms with E-state index < -0.39 is 11.9 Å². The van der Waals surface area contributed by atoms with Gasteiger partial charge in [0.1, 0.15) is 5.69 Å². The van der Waals surface area contributed by atoms with E-state index in [1.54, 1.807) is 4.90 Å². The lowest BCUT2D eigenvalue weighted by atomic mass is 9.95. The highest BCUT2D eigenvalue weighted by atomic mass is 19.4. The first-order valence-corrected chi connectivity index (χ1v) is 6.85. The molecule has 1 amide bonds. The third-order valence-corrected chi connectivity index (χ3v) is 3.64. The van der Waals surface area contributed by atoms with Crippen molar-refractivity contribution in [2.45, 2.75) is 25.4 Å². The summed E-state index contributed by atoms with van der Waals surface area (Å²) in [5, 5.41) is 8.95. The molecule has 1 aliphatic heterocycles. The standard InChI is InChI=1S/C14H17F3N2O2/c15-14(16,17)12-4-3-11(8-18-12)13(21)19-6-1-2-10(9-19)5-7-20/h3-4,8,10,20H,1-2,5-7,9H2. The fourth-order valence-electron chi connectivity index (χ4n) is 2.54. The molecule has 1 fully saturated rings. The summed E-state index contributed by atoms with van der Waals surface area (Å²) in [6, 6.07) is 1.98. The third-order valence-electron chi connectivity index (χ3n) is 3.64. The maximum atomic E-state index is 12.4. The van der Waals surface area contributed by atoms with Crippen LogP contribution in [0.5, 0.6) is 0 Å². The molecular formula is C14H17F3N2O2. The van der Waals surface area contributed by atoms with Crippen molar-refractivity contribution in [3.8, 4) is 0 Å². The highest BCUT2D eigenvalue weighted by Crippen LogP contribution is 2.27. The first-order chi connectivity index (χ1) is 9.91. The molecule has 0 saturated carbocycles. The monoisotopic (exact) mass is 302 g/mol. The van der Waals surface area contributed by atoms with Crippen molar-refractivity contribution in [1.82, 2.24) is 9.88 Å². The molecule has 1 aliphatic rings. The molecule has 1 saturated heterocycles. The van der Waals surface area contributed by atoms with Crippen LogP contribution in [0.2, 0.25) is 0 Å². The molecular weight excluding hydrogens is 285 g/mol. The number of piperidine rings is 1. The Morgan fingerprint density at radius 3 is 2.76 bits per heavy atom. The number of aromatic nitrogens is 1. The number of carbonyl (C=O) groups excluding carboxylic acids is 1. The number of alkyl halides is 3. The number of nitrogens with zero attached hydrogens (tertiary/aromatic N) is 2. The lowest BCUT2D eigenvalue weighted by molar-refractivity contribution is -0.141. The highest BCUT2D eigenvalue weighted by molar-refractivity contribution is 5.94. The van der Waals surface area contributed by atoms with E-state index in [0.717, 1.165) is 31.2 Å². The first kappa shape index (κ1) is 15.8. The molecule has 0 bridgehead atoms. The summed E-state index contributed by atoms with van der Waals surface area (Å²) in [4.78, 5) is 17.2. The molecule has 116 valence electrons. The Balaban J connectivity index is 2.05. The zero-order chi connectivity index (χ0) is 15.5. The zero-order valence-electron chi connectivity index (χ0n) is 11.4. The van der Waals surface area contributed by atoms with Crippen LogP contribution < -0.4 is 0 Å². The smallest absolute Gasteiger partial charge is 0.396 e. The van der Waals surface area contributed by atoms with Crippen molar-refractivity contribution in [3.63, 3.8) is 0 Å². The Morgan fingerprint density at radius 2 is 2.19 bits per heavy atom. The van der Waals surface area contributed by atoms with E-state index in [-0.39, 0.29) is 24.0 Å². The number of rotatable bonds is 3. The summed E-state index contributed by atoms with van der Waals surface area (Å²) in [5.74, 6) is -0.0611. The molecule has 0 spiro atoms. The molecule has 0 aliphatic carbocycles. The van der Waals surface area contributed by atoms with Gasteiger partial charge in [-0.15, -0.1) is 0 Å². The topological polar surface area (TPSA) is 53.4 Å². The van der Waals surface area contributed by atoms with Crippen molar-refractivity contribution in [2.75, 3.05) is 19.7 Å². The van der Waals surface area contributed by atoms with Gasteiger partial charge in [0.2, 0.25) is 0 Å². The number of pyridine rings is 1. The van der Waals surface area contributed by atoms with Crippen LogP contribution in [0.15, 0.2) is 18.3 Å². The molecule has 2 heterocycles. The molecule has 0 radical (unpaired) electrons. The van der Waals surface area contributed by atoms with Crippen molar-refractivity contribution in [3.05, 3.63) is 29.6 Å². The number of carbonyl (C=O) groups is 1. The van der Waals surface area contributed by atoms with Gasteiger partial charge in [-0.2, -0.15) is 13.2 Å². The fraction of sp³-hybridized carbons (Fsp3) is 0.571. The lowest BCUT2D eigenvalue weighted by Crippen LogP contribution is -2.40. The summed E-state index contributed by atoms with van der Waals surface area (Å²) in [6.07, 6.45) is -1.10. The number of aliphatic hydroxyl groups is 1. The molecule has 7 heteroatoms. The Hall–Kier alpha value is -1.63. The third kappa shape index (κ3) is 3.93. The Kier molecular flexibility index (Phi) is 4.82. The van der Waals surface area contributed by atoms with E-state index in [9.17, 15) is 18.0 Å². The van der Waals surface area contributed by atoms with Crippen LogP contribution in [-0.4, -0.2) is 40.6 Å². The van der Waals surface area contributed by atoms with E-state index in [1.165, 1.54) is 0 Å². The van der Waals surface area contributed by atoms with Crippen molar-refractivity contribution in [1.29, 1.82) is 0 Å². The number of aliphatic hydroxyl groups excluding tert-OH is 1. The Labute approximate surface area is 120 Å². The number of hydrogen-bond donors (Lipinski definition) is 1. The second kappa shape index (κ2) is 6.43. The average Bonchev–Trinajstić information content (AvgIpc) is 2.46. The number of hydrogen-bond acceptors (Lipinski definition) is 3. The minimum Gasteiger partial charge on any atom is -0.396 e. The molecule has 1 aromatic rings. The predicted molar refractivity (Wildman–Crippen MR) is 69.6 cm³/mol. The van der Waals surface area contributed by atoms with Crippen LogP contribution in [-0.2, 0) is 6.18 Å².